The van der Waals surface area contributed by atoms with Gasteiger partial charge in [-0.05, 0) is 44.9 Å². The monoisotopic (exact) mass is 242 g/mol. The first-order chi connectivity index (χ1) is 7.42. The van der Waals surface area contributed by atoms with Gasteiger partial charge < -0.3 is 0 Å². The molecule has 0 bridgehead atoms. The van der Waals surface area contributed by atoms with Crippen molar-refractivity contribution in [1.29, 1.82) is 0 Å². The Hall–Kier alpha value is 0.520. The molecule has 0 heterocycles. The van der Waals surface area contributed by atoms with E-state index in [1.807, 2.05) is 0 Å². The van der Waals surface area contributed by atoms with Gasteiger partial charge in [0, 0.05) is 5.66 Å². The lowest BCUT2D eigenvalue weighted by atomic mass is 9.77. The summed E-state index contributed by atoms with van der Waals surface area (Å²) in [4.78, 5) is 0. The summed E-state index contributed by atoms with van der Waals surface area (Å²) in [6.45, 7) is 0. The Kier molecular flexibility index (Phi) is 5.04. The molecular weight excluding hydrogens is 219 g/mol. The molecule has 86 valence electrons. The van der Waals surface area contributed by atoms with E-state index in [2.05, 4.69) is 0 Å². The molecule has 0 radical (unpaired) electrons. The quantitative estimate of drug-likeness (QED) is 0.633. The van der Waals surface area contributed by atoms with Crippen LogP contribution in [0.5, 0.6) is 0 Å². The Bertz CT molecular complexity index is 175. The van der Waals surface area contributed by atoms with E-state index in [0.29, 0.717) is 0 Å². The predicted octanol–water partition coefficient (Wildman–Crippen LogP) is 4.92. The van der Waals surface area contributed by atoms with Crippen LogP contribution < -0.4 is 0 Å². The molecule has 2 aliphatic carbocycles. The SMILES string of the molecule is S=PC(C1CCCCC1)C1CCCCC1. The van der Waals surface area contributed by atoms with E-state index in [1.165, 1.54) is 71.6 Å². The molecule has 0 aliphatic heterocycles. The summed E-state index contributed by atoms with van der Waals surface area (Å²) >= 11 is 5.41. The van der Waals surface area contributed by atoms with E-state index < -0.39 is 0 Å². The van der Waals surface area contributed by atoms with Gasteiger partial charge in [-0.1, -0.05) is 50.3 Å². The second-order valence-corrected chi connectivity index (χ2v) is 6.83. The summed E-state index contributed by atoms with van der Waals surface area (Å²) in [6, 6.07) is 0. The molecule has 0 spiro atoms. The van der Waals surface area contributed by atoms with Crippen LogP contribution in [-0.4, -0.2) is 5.66 Å². The highest BCUT2D eigenvalue weighted by molar-refractivity contribution is 7.96. The van der Waals surface area contributed by atoms with Crippen LogP contribution in [0.25, 0.3) is 0 Å². The Morgan fingerprint density at radius 3 is 1.47 bits per heavy atom. The first-order valence-electron chi connectivity index (χ1n) is 6.74. The molecule has 0 atom stereocenters. The average molecular weight is 242 g/mol. The molecule has 2 rings (SSSR count). The van der Waals surface area contributed by atoms with E-state index >= 15 is 0 Å². The maximum Gasteiger partial charge on any atom is 0.0170 e. The van der Waals surface area contributed by atoms with Crippen LogP contribution in [0, 0.1) is 11.8 Å². The van der Waals surface area contributed by atoms with Crippen molar-refractivity contribution in [2.75, 3.05) is 0 Å². The van der Waals surface area contributed by atoms with Gasteiger partial charge >= 0.3 is 0 Å². The van der Waals surface area contributed by atoms with Crippen molar-refractivity contribution in [3.63, 3.8) is 0 Å². The van der Waals surface area contributed by atoms with Crippen LogP contribution in [0.1, 0.15) is 64.2 Å². The van der Waals surface area contributed by atoms with Crippen molar-refractivity contribution in [2.45, 2.75) is 69.9 Å². The van der Waals surface area contributed by atoms with E-state index in [-0.39, 0.29) is 0 Å². The summed E-state index contributed by atoms with van der Waals surface area (Å²) in [5.74, 6) is 1.97. The van der Waals surface area contributed by atoms with Gasteiger partial charge in [0.1, 0.15) is 0 Å². The standard InChI is InChI=1S/C13H23PS/c15-14-13(11-7-3-1-4-8-11)12-9-5-2-6-10-12/h11-13H,1-10H2. The van der Waals surface area contributed by atoms with Crippen LogP contribution in [0.4, 0.5) is 0 Å². The summed E-state index contributed by atoms with van der Waals surface area (Å²) < 4.78 is 0. The molecule has 2 aliphatic rings. The van der Waals surface area contributed by atoms with E-state index in [4.69, 9.17) is 11.8 Å². The number of rotatable bonds is 3. The summed E-state index contributed by atoms with van der Waals surface area (Å²) in [5.41, 5.74) is 0.876. The van der Waals surface area contributed by atoms with Crippen LogP contribution in [0.3, 0.4) is 0 Å². The molecule has 0 aromatic rings. The minimum atomic E-state index is 0.876. The highest BCUT2D eigenvalue weighted by Crippen LogP contribution is 2.41. The van der Waals surface area contributed by atoms with Gasteiger partial charge in [0.05, 0.1) is 0 Å². The molecule has 2 saturated carbocycles. The van der Waals surface area contributed by atoms with Crippen molar-refractivity contribution in [3.8, 4) is 0 Å². The van der Waals surface area contributed by atoms with E-state index in [0.717, 1.165) is 17.5 Å². The molecular formula is C13H23PS. The fourth-order valence-corrected chi connectivity index (χ4v) is 5.48. The first-order valence-corrected chi connectivity index (χ1v) is 8.72. The summed E-state index contributed by atoms with van der Waals surface area (Å²) in [7, 11) is 1.28. The van der Waals surface area contributed by atoms with Crippen molar-refractivity contribution in [3.05, 3.63) is 0 Å². The molecule has 0 aromatic carbocycles. The average Bonchev–Trinajstić information content (AvgIpc) is 2.33. The second kappa shape index (κ2) is 6.30. The van der Waals surface area contributed by atoms with E-state index in [1.54, 1.807) is 0 Å². The lowest BCUT2D eigenvalue weighted by Crippen LogP contribution is -2.27. The zero-order chi connectivity index (χ0) is 10.5. The molecule has 0 N–H and O–H groups in total. The zero-order valence-electron chi connectivity index (χ0n) is 9.66. The van der Waals surface area contributed by atoms with Gasteiger partial charge in [0.15, 0.2) is 0 Å². The van der Waals surface area contributed by atoms with Gasteiger partial charge in [-0.25, -0.2) is 0 Å². The topological polar surface area (TPSA) is 0 Å². The van der Waals surface area contributed by atoms with Crippen LogP contribution in [-0.2, 0) is 11.8 Å². The minimum absolute atomic E-state index is 0.876. The lowest BCUT2D eigenvalue weighted by Gasteiger charge is -2.34. The Labute approximate surface area is 101 Å². The summed E-state index contributed by atoms with van der Waals surface area (Å²) in [6.07, 6.45) is 14.7. The Morgan fingerprint density at radius 1 is 0.733 bits per heavy atom. The van der Waals surface area contributed by atoms with Crippen molar-refractivity contribution in [2.24, 2.45) is 11.8 Å². The third-order valence-electron chi connectivity index (χ3n) is 4.39. The normalized spacial score (nSPS) is 26.2. The Morgan fingerprint density at radius 2 is 1.13 bits per heavy atom. The molecule has 0 saturated heterocycles. The third-order valence-corrected chi connectivity index (χ3v) is 6.20. The fourth-order valence-electron chi connectivity index (χ4n) is 3.51. The smallest absolute Gasteiger partial charge is 0.0170 e. The van der Waals surface area contributed by atoms with Gasteiger partial charge in [-0.3, -0.25) is 0 Å². The van der Waals surface area contributed by atoms with Crippen LogP contribution in [0.2, 0.25) is 0 Å². The molecule has 0 unspecified atom stereocenters. The number of hydrogen-bond acceptors (Lipinski definition) is 1. The van der Waals surface area contributed by atoms with Crippen molar-refractivity contribution >= 4 is 19.2 Å². The largest absolute Gasteiger partial charge is 0.0575 e. The Balaban J connectivity index is 1.91. The van der Waals surface area contributed by atoms with E-state index in [9.17, 15) is 0 Å². The second-order valence-electron chi connectivity index (χ2n) is 5.39. The van der Waals surface area contributed by atoms with Gasteiger partial charge in [0.2, 0.25) is 0 Å². The molecule has 2 heteroatoms. The molecule has 2 fully saturated rings. The fraction of sp³-hybridized carbons (Fsp3) is 1.00. The van der Waals surface area contributed by atoms with Crippen LogP contribution in [0.15, 0.2) is 0 Å². The zero-order valence-corrected chi connectivity index (χ0v) is 11.4. The summed E-state index contributed by atoms with van der Waals surface area (Å²) in [5, 5.41) is 0. The predicted molar refractivity (Wildman–Crippen MR) is 71.2 cm³/mol. The van der Waals surface area contributed by atoms with Gasteiger partial charge in [-0.2, -0.15) is 0 Å². The maximum atomic E-state index is 5.41. The molecule has 15 heavy (non-hydrogen) atoms. The minimum Gasteiger partial charge on any atom is -0.0575 e. The molecule has 0 nitrogen and oxygen atoms in total. The number of hydrogen-bond donors (Lipinski definition) is 0. The third kappa shape index (κ3) is 3.24. The highest BCUT2D eigenvalue weighted by Gasteiger charge is 2.30. The van der Waals surface area contributed by atoms with Crippen LogP contribution >= 0.6 is 7.36 Å². The van der Waals surface area contributed by atoms with Gasteiger partial charge in [-0.15, -0.1) is 0 Å². The van der Waals surface area contributed by atoms with Crippen molar-refractivity contribution in [1.82, 2.24) is 0 Å². The van der Waals surface area contributed by atoms with Gasteiger partial charge in [0.25, 0.3) is 0 Å². The maximum absolute atomic E-state index is 5.41. The lowest BCUT2D eigenvalue weighted by molar-refractivity contribution is 0.254. The first kappa shape index (κ1) is 12.0. The highest BCUT2D eigenvalue weighted by atomic mass is 32.4. The molecule has 0 amide bonds. The van der Waals surface area contributed by atoms with Crippen molar-refractivity contribution < 1.29 is 0 Å². The molecule has 0 aromatic heterocycles.